The largest absolute Gasteiger partial charge is 0.367 e. The predicted octanol–water partition coefficient (Wildman–Crippen LogP) is -1.16. The summed E-state index contributed by atoms with van der Waals surface area (Å²) in [6.07, 6.45) is 3.38. The quantitative estimate of drug-likeness (QED) is 0.706. The number of aromatic nitrogens is 5. The molecule has 1 saturated heterocycles. The van der Waals surface area contributed by atoms with Crippen LogP contribution in [0.5, 0.6) is 0 Å². The van der Waals surface area contributed by atoms with E-state index in [-0.39, 0.29) is 0 Å². The molecule has 0 amide bonds. The second-order valence-corrected chi connectivity index (χ2v) is 4.26. The minimum absolute atomic E-state index is 0.655. The predicted molar refractivity (Wildman–Crippen MR) is 66.4 cm³/mol. The SMILES string of the molecule is c1ncc2nnnn2c1NCCN1CCNCC1. The molecule has 1 aliphatic rings. The number of fused-ring (bicyclic) bond motifs is 1. The van der Waals surface area contributed by atoms with Gasteiger partial charge in [-0.05, 0) is 10.4 Å². The van der Waals surface area contributed by atoms with E-state index in [0.717, 1.165) is 45.1 Å². The summed E-state index contributed by atoms with van der Waals surface area (Å²) in [5.41, 5.74) is 0.655. The number of anilines is 1. The zero-order valence-electron chi connectivity index (χ0n) is 10.1. The fourth-order valence-electron chi connectivity index (χ4n) is 2.07. The average Bonchev–Trinajstić information content (AvgIpc) is 2.89. The normalized spacial score (nSPS) is 17.1. The molecule has 0 radical (unpaired) electrons. The third-order valence-electron chi connectivity index (χ3n) is 3.05. The Labute approximate surface area is 104 Å². The van der Waals surface area contributed by atoms with Crippen molar-refractivity contribution >= 4 is 11.5 Å². The lowest BCUT2D eigenvalue weighted by atomic mass is 10.3. The summed E-state index contributed by atoms with van der Waals surface area (Å²) in [6.45, 7) is 6.24. The molecular weight excluding hydrogens is 232 g/mol. The van der Waals surface area contributed by atoms with Gasteiger partial charge in [0.05, 0.1) is 12.4 Å². The van der Waals surface area contributed by atoms with Gasteiger partial charge in [-0.25, -0.2) is 0 Å². The van der Waals surface area contributed by atoms with E-state index in [4.69, 9.17) is 0 Å². The van der Waals surface area contributed by atoms with Crippen LogP contribution in [-0.4, -0.2) is 69.2 Å². The number of rotatable bonds is 4. The Morgan fingerprint density at radius 1 is 1.28 bits per heavy atom. The molecule has 3 heterocycles. The Morgan fingerprint density at radius 3 is 3.06 bits per heavy atom. The topological polar surface area (TPSA) is 83.3 Å². The second-order valence-electron chi connectivity index (χ2n) is 4.26. The molecule has 0 atom stereocenters. The van der Waals surface area contributed by atoms with Gasteiger partial charge in [-0.2, -0.15) is 4.52 Å². The van der Waals surface area contributed by atoms with E-state index >= 15 is 0 Å². The van der Waals surface area contributed by atoms with Gasteiger partial charge < -0.3 is 10.6 Å². The van der Waals surface area contributed by atoms with Gasteiger partial charge in [0.15, 0.2) is 5.65 Å². The van der Waals surface area contributed by atoms with Crippen molar-refractivity contribution in [2.45, 2.75) is 0 Å². The highest BCUT2D eigenvalue weighted by atomic mass is 15.5. The zero-order chi connectivity index (χ0) is 12.2. The van der Waals surface area contributed by atoms with Crippen LogP contribution in [-0.2, 0) is 0 Å². The number of piperazine rings is 1. The summed E-state index contributed by atoms with van der Waals surface area (Å²) in [5, 5.41) is 18.1. The summed E-state index contributed by atoms with van der Waals surface area (Å²) in [4.78, 5) is 6.53. The van der Waals surface area contributed by atoms with Crippen molar-refractivity contribution < 1.29 is 0 Å². The molecule has 0 spiro atoms. The molecular formula is C10H16N8. The van der Waals surface area contributed by atoms with Crippen molar-refractivity contribution in [3.05, 3.63) is 12.4 Å². The maximum atomic E-state index is 4.10. The van der Waals surface area contributed by atoms with Crippen LogP contribution >= 0.6 is 0 Å². The van der Waals surface area contributed by atoms with E-state index in [1.54, 1.807) is 16.9 Å². The summed E-state index contributed by atoms with van der Waals surface area (Å²) in [7, 11) is 0. The molecule has 8 nitrogen and oxygen atoms in total. The van der Waals surface area contributed by atoms with E-state index in [1.165, 1.54) is 0 Å². The first-order valence-corrected chi connectivity index (χ1v) is 6.12. The maximum Gasteiger partial charge on any atom is 0.199 e. The molecule has 1 aliphatic heterocycles. The van der Waals surface area contributed by atoms with Gasteiger partial charge in [-0.15, -0.1) is 5.10 Å². The van der Waals surface area contributed by atoms with Gasteiger partial charge in [0.2, 0.25) is 0 Å². The highest BCUT2D eigenvalue weighted by molar-refractivity contribution is 5.43. The van der Waals surface area contributed by atoms with E-state index in [0.29, 0.717) is 5.65 Å². The maximum absolute atomic E-state index is 4.10. The second kappa shape index (κ2) is 5.23. The summed E-state index contributed by atoms with van der Waals surface area (Å²) >= 11 is 0. The number of hydrogen-bond acceptors (Lipinski definition) is 7. The van der Waals surface area contributed by atoms with Crippen molar-refractivity contribution in [1.82, 2.24) is 35.2 Å². The standard InChI is InChI=1S/C10H16N8/c1-4-17(5-2-11-1)6-3-13-9-7-12-8-10-14-15-16-18(9)10/h7-8,11,13H,1-6H2. The van der Waals surface area contributed by atoms with Gasteiger partial charge in [-0.1, -0.05) is 0 Å². The Morgan fingerprint density at radius 2 is 2.17 bits per heavy atom. The highest BCUT2D eigenvalue weighted by Gasteiger charge is 2.09. The average molecular weight is 248 g/mol. The van der Waals surface area contributed by atoms with Gasteiger partial charge >= 0.3 is 0 Å². The molecule has 96 valence electrons. The smallest absolute Gasteiger partial charge is 0.199 e. The van der Waals surface area contributed by atoms with Crippen LogP contribution in [0.25, 0.3) is 5.65 Å². The molecule has 1 fully saturated rings. The number of tetrazole rings is 1. The first-order chi connectivity index (χ1) is 8.93. The summed E-state index contributed by atoms with van der Waals surface area (Å²) < 4.78 is 1.66. The third kappa shape index (κ3) is 2.39. The van der Waals surface area contributed by atoms with Crippen molar-refractivity contribution in [3.63, 3.8) is 0 Å². The number of hydrogen-bond donors (Lipinski definition) is 2. The molecule has 0 bridgehead atoms. The lowest BCUT2D eigenvalue weighted by Gasteiger charge is -2.27. The van der Waals surface area contributed by atoms with Crippen LogP contribution < -0.4 is 10.6 Å². The molecule has 0 saturated carbocycles. The van der Waals surface area contributed by atoms with Gasteiger partial charge in [0.1, 0.15) is 5.82 Å². The molecule has 2 aromatic rings. The minimum Gasteiger partial charge on any atom is -0.367 e. The van der Waals surface area contributed by atoms with Crippen molar-refractivity contribution in [3.8, 4) is 0 Å². The van der Waals surface area contributed by atoms with Crippen molar-refractivity contribution in [2.75, 3.05) is 44.6 Å². The van der Waals surface area contributed by atoms with Crippen molar-refractivity contribution in [2.24, 2.45) is 0 Å². The molecule has 2 aromatic heterocycles. The van der Waals surface area contributed by atoms with Crippen LogP contribution in [0, 0.1) is 0 Å². The van der Waals surface area contributed by atoms with Crippen LogP contribution in [0.4, 0.5) is 5.82 Å². The number of nitrogens with zero attached hydrogens (tertiary/aromatic N) is 6. The molecule has 0 unspecified atom stereocenters. The monoisotopic (exact) mass is 248 g/mol. The summed E-state index contributed by atoms with van der Waals surface area (Å²) in [6, 6.07) is 0. The third-order valence-corrected chi connectivity index (χ3v) is 3.05. The van der Waals surface area contributed by atoms with Gasteiger partial charge in [-0.3, -0.25) is 9.88 Å². The lowest BCUT2D eigenvalue weighted by Crippen LogP contribution is -2.45. The molecule has 8 heteroatoms. The van der Waals surface area contributed by atoms with Crippen LogP contribution in [0.2, 0.25) is 0 Å². The van der Waals surface area contributed by atoms with Crippen LogP contribution in [0.15, 0.2) is 12.4 Å². The Hall–Kier alpha value is -1.80. The van der Waals surface area contributed by atoms with Gasteiger partial charge in [0.25, 0.3) is 0 Å². The van der Waals surface area contributed by atoms with E-state index < -0.39 is 0 Å². The molecule has 3 rings (SSSR count). The lowest BCUT2D eigenvalue weighted by molar-refractivity contribution is 0.249. The van der Waals surface area contributed by atoms with Crippen LogP contribution in [0.3, 0.4) is 0 Å². The van der Waals surface area contributed by atoms with E-state index in [2.05, 4.69) is 36.0 Å². The Balaban J connectivity index is 1.57. The number of nitrogens with one attached hydrogen (secondary N) is 2. The molecule has 18 heavy (non-hydrogen) atoms. The Kier molecular flexibility index (Phi) is 3.29. The first kappa shape index (κ1) is 11.3. The Bertz CT molecular complexity index is 503. The zero-order valence-corrected chi connectivity index (χ0v) is 10.1. The summed E-state index contributed by atoms with van der Waals surface area (Å²) in [5.74, 6) is 0.827. The molecule has 0 aliphatic carbocycles. The molecule has 2 N–H and O–H groups in total. The highest BCUT2D eigenvalue weighted by Crippen LogP contribution is 2.05. The minimum atomic E-state index is 0.655. The van der Waals surface area contributed by atoms with Crippen LogP contribution in [0.1, 0.15) is 0 Å². The fourth-order valence-corrected chi connectivity index (χ4v) is 2.07. The first-order valence-electron chi connectivity index (χ1n) is 6.12. The van der Waals surface area contributed by atoms with Gasteiger partial charge in [0, 0.05) is 39.3 Å². The van der Waals surface area contributed by atoms with Crippen molar-refractivity contribution in [1.29, 1.82) is 0 Å². The molecule has 0 aromatic carbocycles. The van der Waals surface area contributed by atoms with E-state index in [9.17, 15) is 0 Å². The van der Waals surface area contributed by atoms with E-state index in [1.807, 2.05) is 0 Å². The fraction of sp³-hybridized carbons (Fsp3) is 0.600.